The van der Waals surface area contributed by atoms with Crippen molar-refractivity contribution in [1.82, 2.24) is 5.32 Å². The van der Waals surface area contributed by atoms with Gasteiger partial charge < -0.3 is 10.2 Å². The van der Waals surface area contributed by atoms with Gasteiger partial charge in [0.2, 0.25) is 0 Å². The fraction of sp³-hybridized carbons (Fsp3) is 0.647. The minimum Gasteiger partial charge on any atom is -0.365 e. The predicted octanol–water partition coefficient (Wildman–Crippen LogP) is 4.08. The molecule has 1 saturated carbocycles. The molecule has 0 aromatic heterocycles. The number of nitrogens with zero attached hydrogens (tertiary/aromatic N) is 1. The molecule has 2 nitrogen and oxygen atoms in total. The van der Waals surface area contributed by atoms with E-state index in [-0.39, 0.29) is 11.4 Å². The molecule has 4 heteroatoms. The van der Waals surface area contributed by atoms with E-state index in [2.05, 4.69) is 31.0 Å². The summed E-state index contributed by atoms with van der Waals surface area (Å²) >= 11 is 6.06. The molecule has 0 radical (unpaired) electrons. The molecule has 2 fully saturated rings. The Bertz CT molecular complexity index is 509. The van der Waals surface area contributed by atoms with Crippen LogP contribution in [0.25, 0.3) is 0 Å². The molecule has 2 aliphatic rings. The van der Waals surface area contributed by atoms with Gasteiger partial charge in [-0.1, -0.05) is 25.4 Å². The van der Waals surface area contributed by atoms with E-state index in [0.29, 0.717) is 17.0 Å². The zero-order valence-electron chi connectivity index (χ0n) is 13.0. The number of rotatable bonds is 3. The lowest BCUT2D eigenvalue weighted by atomic mass is 9.87. The van der Waals surface area contributed by atoms with Gasteiger partial charge in [0, 0.05) is 35.4 Å². The first-order valence-corrected chi connectivity index (χ1v) is 8.24. The molecule has 1 N–H and O–H groups in total. The zero-order chi connectivity index (χ0) is 15.2. The Hall–Kier alpha value is -0.800. The summed E-state index contributed by atoms with van der Waals surface area (Å²) < 4.78 is 13.7. The lowest BCUT2D eigenvalue weighted by Crippen LogP contribution is -2.65. The maximum Gasteiger partial charge on any atom is 0.126 e. The molecule has 21 heavy (non-hydrogen) atoms. The smallest absolute Gasteiger partial charge is 0.126 e. The van der Waals surface area contributed by atoms with Crippen molar-refractivity contribution in [1.29, 1.82) is 0 Å². The van der Waals surface area contributed by atoms with Crippen LogP contribution in [0.2, 0.25) is 5.02 Å². The SMILES string of the molecule is CC(C)C1CNC(C)(C2CC2)CN1c1cc(F)cc(Cl)c1. The number of hydrogen-bond acceptors (Lipinski definition) is 2. The van der Waals surface area contributed by atoms with Crippen LogP contribution < -0.4 is 10.2 Å². The normalized spacial score (nSPS) is 30.0. The Morgan fingerprint density at radius 1 is 1.33 bits per heavy atom. The second-order valence-corrected chi connectivity index (χ2v) is 7.58. The van der Waals surface area contributed by atoms with Crippen LogP contribution >= 0.6 is 11.6 Å². The molecule has 2 unspecified atom stereocenters. The highest BCUT2D eigenvalue weighted by Gasteiger charge is 2.46. The zero-order valence-corrected chi connectivity index (χ0v) is 13.8. The lowest BCUT2D eigenvalue weighted by molar-refractivity contribution is 0.233. The maximum atomic E-state index is 13.7. The third kappa shape index (κ3) is 3.04. The van der Waals surface area contributed by atoms with E-state index in [1.165, 1.54) is 18.9 Å². The Balaban J connectivity index is 1.93. The number of anilines is 1. The molecule has 2 atom stereocenters. The molecule has 0 amide bonds. The van der Waals surface area contributed by atoms with Gasteiger partial charge in [0.1, 0.15) is 5.82 Å². The first-order chi connectivity index (χ1) is 9.89. The average molecular weight is 311 g/mol. The van der Waals surface area contributed by atoms with E-state index in [9.17, 15) is 4.39 Å². The van der Waals surface area contributed by atoms with E-state index in [1.54, 1.807) is 6.07 Å². The van der Waals surface area contributed by atoms with E-state index in [0.717, 1.165) is 24.7 Å². The van der Waals surface area contributed by atoms with Crippen LogP contribution in [0.4, 0.5) is 10.1 Å². The third-order valence-electron chi connectivity index (χ3n) is 5.04. The molecule has 116 valence electrons. The van der Waals surface area contributed by atoms with Crippen molar-refractivity contribution in [3.05, 3.63) is 29.0 Å². The number of nitrogens with one attached hydrogen (secondary N) is 1. The summed E-state index contributed by atoms with van der Waals surface area (Å²) in [6.45, 7) is 8.61. The van der Waals surface area contributed by atoms with Crippen molar-refractivity contribution in [3.63, 3.8) is 0 Å². The van der Waals surface area contributed by atoms with Gasteiger partial charge in [0.25, 0.3) is 0 Å². The quantitative estimate of drug-likeness (QED) is 0.905. The van der Waals surface area contributed by atoms with Gasteiger partial charge in [-0.15, -0.1) is 0 Å². The van der Waals surface area contributed by atoms with Crippen LogP contribution in [0.3, 0.4) is 0 Å². The van der Waals surface area contributed by atoms with Crippen molar-refractivity contribution >= 4 is 17.3 Å². The van der Waals surface area contributed by atoms with Crippen LogP contribution in [-0.2, 0) is 0 Å². The van der Waals surface area contributed by atoms with Crippen LogP contribution in [-0.4, -0.2) is 24.7 Å². The highest BCUT2D eigenvalue weighted by Crippen LogP contribution is 2.42. The molecule has 0 spiro atoms. The van der Waals surface area contributed by atoms with E-state index >= 15 is 0 Å². The molecular formula is C17H24ClFN2. The number of benzene rings is 1. The van der Waals surface area contributed by atoms with E-state index in [4.69, 9.17) is 11.6 Å². The summed E-state index contributed by atoms with van der Waals surface area (Å²) in [5.74, 6) is 0.993. The second-order valence-electron chi connectivity index (χ2n) is 7.14. The van der Waals surface area contributed by atoms with Crippen LogP contribution in [0.1, 0.15) is 33.6 Å². The number of piperazine rings is 1. The summed E-state index contributed by atoms with van der Waals surface area (Å²) in [6.07, 6.45) is 2.60. The average Bonchev–Trinajstić information content (AvgIpc) is 3.21. The summed E-state index contributed by atoms with van der Waals surface area (Å²) in [4.78, 5) is 2.36. The van der Waals surface area contributed by atoms with Crippen molar-refractivity contribution in [2.24, 2.45) is 11.8 Å². The summed E-state index contributed by atoms with van der Waals surface area (Å²) in [7, 11) is 0. The van der Waals surface area contributed by atoms with Crippen molar-refractivity contribution in [2.75, 3.05) is 18.0 Å². The minimum absolute atomic E-state index is 0.129. The Morgan fingerprint density at radius 2 is 2.05 bits per heavy atom. The molecule has 0 bridgehead atoms. The van der Waals surface area contributed by atoms with Crippen LogP contribution in [0.5, 0.6) is 0 Å². The van der Waals surface area contributed by atoms with Crippen molar-refractivity contribution in [3.8, 4) is 0 Å². The molecule has 1 aliphatic heterocycles. The lowest BCUT2D eigenvalue weighted by Gasteiger charge is -2.49. The molecule has 1 saturated heterocycles. The van der Waals surface area contributed by atoms with Crippen molar-refractivity contribution < 1.29 is 4.39 Å². The van der Waals surface area contributed by atoms with Crippen LogP contribution in [0.15, 0.2) is 18.2 Å². The summed E-state index contributed by atoms with van der Waals surface area (Å²) in [5, 5.41) is 4.22. The molecule has 3 rings (SSSR count). The van der Waals surface area contributed by atoms with Gasteiger partial charge in [-0.2, -0.15) is 0 Å². The molecule has 1 aromatic carbocycles. The number of halogens is 2. The largest absolute Gasteiger partial charge is 0.365 e. The Kier molecular flexibility index (Phi) is 3.91. The topological polar surface area (TPSA) is 15.3 Å². The third-order valence-corrected chi connectivity index (χ3v) is 5.26. The van der Waals surface area contributed by atoms with E-state index in [1.807, 2.05) is 6.07 Å². The van der Waals surface area contributed by atoms with Crippen LogP contribution in [0, 0.1) is 17.7 Å². The Labute approximate surface area is 131 Å². The number of hydrogen-bond donors (Lipinski definition) is 1. The van der Waals surface area contributed by atoms with Gasteiger partial charge >= 0.3 is 0 Å². The minimum atomic E-state index is -0.258. The first-order valence-electron chi connectivity index (χ1n) is 7.87. The van der Waals surface area contributed by atoms with Gasteiger partial charge in [-0.25, -0.2) is 4.39 Å². The molecule has 1 aromatic rings. The standard InChI is InChI=1S/C17H24ClFN2/c1-11(2)16-9-20-17(3,12-4-5-12)10-21(16)15-7-13(18)6-14(19)8-15/h6-8,11-12,16,20H,4-5,9-10H2,1-3H3. The van der Waals surface area contributed by atoms with Crippen molar-refractivity contribution in [2.45, 2.75) is 45.2 Å². The van der Waals surface area contributed by atoms with E-state index < -0.39 is 0 Å². The second kappa shape index (κ2) is 5.44. The molecule has 1 heterocycles. The monoisotopic (exact) mass is 310 g/mol. The first kappa shape index (κ1) is 15.1. The fourth-order valence-electron chi connectivity index (χ4n) is 3.55. The Morgan fingerprint density at radius 3 is 2.62 bits per heavy atom. The highest BCUT2D eigenvalue weighted by molar-refractivity contribution is 6.30. The molecular weight excluding hydrogens is 287 g/mol. The van der Waals surface area contributed by atoms with Gasteiger partial charge in [0.15, 0.2) is 0 Å². The highest BCUT2D eigenvalue weighted by atomic mass is 35.5. The summed E-state index contributed by atoms with van der Waals surface area (Å²) in [6, 6.07) is 5.24. The van der Waals surface area contributed by atoms with Gasteiger partial charge in [-0.3, -0.25) is 0 Å². The predicted molar refractivity (Wildman–Crippen MR) is 86.5 cm³/mol. The summed E-state index contributed by atoms with van der Waals surface area (Å²) in [5.41, 5.74) is 1.04. The fourth-order valence-corrected chi connectivity index (χ4v) is 3.77. The molecule has 1 aliphatic carbocycles. The maximum absolute atomic E-state index is 13.7. The van der Waals surface area contributed by atoms with Gasteiger partial charge in [-0.05, 0) is 49.8 Å². The van der Waals surface area contributed by atoms with Gasteiger partial charge in [0.05, 0.1) is 0 Å².